The van der Waals surface area contributed by atoms with Crippen LogP contribution >= 0.6 is 7.60 Å². The first kappa shape index (κ1) is 25.9. The maximum atomic E-state index is 12.1. The van der Waals surface area contributed by atoms with Crippen LogP contribution in [0, 0.1) is 0 Å². The molecule has 9 heteroatoms. The van der Waals surface area contributed by atoms with E-state index in [1.165, 1.54) is 0 Å². The molecule has 0 radical (unpaired) electrons. The number of unbranched alkanes of at least 4 members (excludes halogenated alkanes) is 4. The Morgan fingerprint density at radius 3 is 2.37 bits per heavy atom. The minimum Gasteiger partial charge on any atom is -0.491 e. The van der Waals surface area contributed by atoms with Crippen LogP contribution in [0.4, 0.5) is 5.69 Å². The molecular weight excluding hydrogens is 409 g/mol. The van der Waals surface area contributed by atoms with Gasteiger partial charge >= 0.3 is 13.6 Å². The second-order valence-corrected chi connectivity index (χ2v) is 8.77. The monoisotopic (exact) mass is 441 g/mol. The Morgan fingerprint density at radius 1 is 0.967 bits per heavy atom. The number of hydrogen-bond donors (Lipinski definition) is 4. The van der Waals surface area contributed by atoms with E-state index in [0.29, 0.717) is 37.1 Å². The highest BCUT2D eigenvalue weighted by Gasteiger charge is 2.10. The van der Waals surface area contributed by atoms with Crippen molar-refractivity contribution >= 4 is 25.2 Å². The highest BCUT2D eigenvalue weighted by Crippen LogP contribution is 2.35. The first-order valence-corrected chi connectivity index (χ1v) is 12.0. The Bertz CT molecular complexity index is 730. The molecule has 30 heavy (non-hydrogen) atoms. The molecule has 0 aliphatic heterocycles. The molecule has 4 N–H and O–H groups in total. The first-order chi connectivity index (χ1) is 14.3. The number of ether oxygens (including phenoxy) is 1. The lowest BCUT2D eigenvalue weighted by Crippen LogP contribution is -2.12. The van der Waals surface area contributed by atoms with E-state index in [1.807, 2.05) is 12.2 Å². The zero-order chi connectivity index (χ0) is 22.2. The predicted molar refractivity (Wildman–Crippen MR) is 116 cm³/mol. The Hall–Kier alpha value is -2.15. The van der Waals surface area contributed by atoms with Crippen LogP contribution in [0.1, 0.15) is 57.8 Å². The van der Waals surface area contributed by atoms with Crippen molar-refractivity contribution in [1.29, 1.82) is 0 Å². The summed E-state index contributed by atoms with van der Waals surface area (Å²) in [6.45, 7) is 0.270. The zero-order valence-electron chi connectivity index (χ0n) is 17.2. The Labute approximate surface area is 177 Å². The summed E-state index contributed by atoms with van der Waals surface area (Å²) in [5.74, 6) is -0.430. The van der Waals surface area contributed by atoms with E-state index in [0.717, 1.165) is 25.7 Å². The normalized spacial score (nSPS) is 11.5. The van der Waals surface area contributed by atoms with Gasteiger partial charge in [-0.25, -0.2) is 0 Å². The van der Waals surface area contributed by atoms with Crippen LogP contribution in [-0.2, 0) is 14.2 Å². The van der Waals surface area contributed by atoms with E-state index in [-0.39, 0.29) is 25.1 Å². The number of carbonyl (C=O) groups is 2. The van der Waals surface area contributed by atoms with Crippen molar-refractivity contribution in [2.24, 2.45) is 0 Å². The molecule has 0 fully saturated rings. The van der Waals surface area contributed by atoms with Crippen molar-refractivity contribution in [3.8, 4) is 5.75 Å². The zero-order valence-corrected chi connectivity index (χ0v) is 18.1. The number of nitrogens with one attached hydrogen (secondary N) is 1. The van der Waals surface area contributed by atoms with Crippen molar-refractivity contribution in [2.75, 3.05) is 18.1 Å². The van der Waals surface area contributed by atoms with Gasteiger partial charge in [-0.15, -0.1) is 0 Å². The molecule has 1 rings (SSSR count). The minimum absolute atomic E-state index is 0.0388. The number of amides is 1. The van der Waals surface area contributed by atoms with Crippen molar-refractivity contribution in [1.82, 2.24) is 0 Å². The highest BCUT2D eigenvalue weighted by molar-refractivity contribution is 7.51. The van der Waals surface area contributed by atoms with Gasteiger partial charge in [-0.1, -0.05) is 30.7 Å². The molecule has 1 amide bonds. The fraction of sp³-hybridized carbons (Fsp3) is 0.524. The largest absolute Gasteiger partial charge is 0.491 e. The van der Waals surface area contributed by atoms with E-state index in [9.17, 15) is 14.2 Å². The van der Waals surface area contributed by atoms with Crippen LogP contribution in [0.15, 0.2) is 36.4 Å². The molecule has 0 aliphatic rings. The average molecular weight is 441 g/mol. The van der Waals surface area contributed by atoms with Crippen molar-refractivity contribution in [2.45, 2.75) is 57.8 Å². The summed E-state index contributed by atoms with van der Waals surface area (Å²) in [6.07, 6.45) is 9.35. The molecule has 0 heterocycles. The number of carboxylic acids is 1. The number of carbonyl (C=O) groups excluding carboxylic acids is 1. The Morgan fingerprint density at radius 2 is 1.67 bits per heavy atom. The Kier molecular flexibility index (Phi) is 12.7. The third-order valence-corrected chi connectivity index (χ3v) is 5.11. The number of hydrogen-bond acceptors (Lipinski definition) is 4. The number of aliphatic carboxylic acids is 1. The van der Waals surface area contributed by atoms with Crippen LogP contribution < -0.4 is 10.1 Å². The molecule has 0 bridgehead atoms. The SMILES string of the molecule is O=C(O)CCCOc1ccccc1NC(=O)CCCCCC=CCCCP(=O)(O)O. The maximum Gasteiger partial charge on any atom is 0.325 e. The summed E-state index contributed by atoms with van der Waals surface area (Å²) < 4.78 is 16.3. The summed E-state index contributed by atoms with van der Waals surface area (Å²) in [5, 5.41) is 11.5. The third-order valence-electron chi connectivity index (χ3n) is 4.22. The summed E-state index contributed by atoms with van der Waals surface area (Å²) in [4.78, 5) is 40.2. The Balaban J connectivity index is 2.18. The standard InChI is InChI=1S/C21H32NO7P/c23-20(14-7-5-3-1-2-4-6-10-17-30(26,27)28)22-18-12-8-9-13-19(18)29-16-11-15-21(24)25/h2,4,8-9,12-13H,1,3,5-7,10-11,14-17H2,(H,22,23)(H,24,25)(H2,26,27,28). The van der Waals surface area contributed by atoms with Gasteiger partial charge in [0, 0.05) is 12.8 Å². The fourth-order valence-corrected chi connectivity index (χ4v) is 3.28. The quantitative estimate of drug-likeness (QED) is 0.170. The molecule has 1 aromatic rings. The van der Waals surface area contributed by atoms with Crippen molar-refractivity contribution in [3.63, 3.8) is 0 Å². The number of allylic oxidation sites excluding steroid dienone is 2. The maximum absolute atomic E-state index is 12.1. The van der Waals surface area contributed by atoms with Gasteiger partial charge < -0.3 is 24.9 Å². The van der Waals surface area contributed by atoms with Crippen LogP contribution in [0.2, 0.25) is 0 Å². The fourth-order valence-electron chi connectivity index (χ4n) is 2.69. The smallest absolute Gasteiger partial charge is 0.325 e. The van der Waals surface area contributed by atoms with Crippen molar-refractivity contribution < 1.29 is 33.8 Å². The number of benzene rings is 1. The molecule has 0 unspecified atom stereocenters. The molecule has 0 aromatic heterocycles. The molecule has 168 valence electrons. The molecule has 0 spiro atoms. The molecular formula is C21H32NO7P. The van der Waals surface area contributed by atoms with Crippen LogP contribution in [-0.4, -0.2) is 39.5 Å². The van der Waals surface area contributed by atoms with Crippen LogP contribution in [0.3, 0.4) is 0 Å². The van der Waals surface area contributed by atoms with E-state index < -0.39 is 13.6 Å². The van der Waals surface area contributed by atoms with Gasteiger partial charge in [0.2, 0.25) is 5.91 Å². The second-order valence-electron chi connectivity index (χ2n) is 6.99. The van der Waals surface area contributed by atoms with Gasteiger partial charge in [0.05, 0.1) is 18.5 Å². The lowest BCUT2D eigenvalue weighted by Gasteiger charge is -2.12. The minimum atomic E-state index is -3.89. The molecule has 0 saturated heterocycles. The van der Waals surface area contributed by atoms with Gasteiger partial charge in [-0.3, -0.25) is 14.2 Å². The van der Waals surface area contributed by atoms with E-state index >= 15 is 0 Å². The lowest BCUT2D eigenvalue weighted by molar-refractivity contribution is -0.137. The molecule has 8 nitrogen and oxygen atoms in total. The van der Waals surface area contributed by atoms with Crippen LogP contribution in [0.5, 0.6) is 5.75 Å². The highest BCUT2D eigenvalue weighted by atomic mass is 31.2. The molecule has 0 aliphatic carbocycles. The number of anilines is 1. The summed E-state index contributed by atoms with van der Waals surface area (Å²) in [6, 6.07) is 7.08. The predicted octanol–water partition coefficient (Wildman–Crippen LogP) is 4.33. The summed E-state index contributed by atoms with van der Waals surface area (Å²) in [7, 11) is -3.89. The van der Waals surface area contributed by atoms with Crippen molar-refractivity contribution in [3.05, 3.63) is 36.4 Å². The van der Waals surface area contributed by atoms with Gasteiger partial charge in [-0.2, -0.15) is 0 Å². The number of carboxylic acid groups (broad SMARTS) is 1. The first-order valence-electron chi connectivity index (χ1n) is 10.2. The van der Waals surface area contributed by atoms with Crippen LogP contribution in [0.25, 0.3) is 0 Å². The lowest BCUT2D eigenvalue weighted by atomic mass is 10.1. The van der Waals surface area contributed by atoms with Gasteiger partial charge in [-0.05, 0) is 50.7 Å². The second kappa shape index (κ2) is 14.8. The van der Waals surface area contributed by atoms with Gasteiger partial charge in [0.15, 0.2) is 0 Å². The van der Waals surface area contributed by atoms with E-state index in [2.05, 4.69) is 5.32 Å². The average Bonchev–Trinajstić information content (AvgIpc) is 2.67. The van der Waals surface area contributed by atoms with Gasteiger partial charge in [0.25, 0.3) is 0 Å². The topological polar surface area (TPSA) is 133 Å². The third kappa shape index (κ3) is 13.9. The van der Waals surface area contributed by atoms with E-state index in [4.69, 9.17) is 19.6 Å². The number of para-hydroxylation sites is 2. The summed E-state index contributed by atoms with van der Waals surface area (Å²) >= 11 is 0. The van der Waals surface area contributed by atoms with Gasteiger partial charge in [0.1, 0.15) is 5.75 Å². The number of rotatable bonds is 16. The van der Waals surface area contributed by atoms with E-state index in [1.54, 1.807) is 24.3 Å². The summed E-state index contributed by atoms with van der Waals surface area (Å²) in [5.41, 5.74) is 0.580. The molecule has 0 atom stereocenters. The molecule has 0 saturated carbocycles. The molecule has 1 aromatic carbocycles.